The standard InChI is InChI=1S/C11H13N3OS/c15-11-6-3-4-8(11)13-10(16)14(11)9-5-1-2-7-12-9/h1-2,5,7-8,15H,3-4,6H2,(H,13,16). The first-order valence-corrected chi connectivity index (χ1v) is 5.87. The van der Waals surface area contributed by atoms with Gasteiger partial charge in [0.05, 0.1) is 6.04 Å². The van der Waals surface area contributed by atoms with Gasteiger partial charge < -0.3 is 10.4 Å². The molecular weight excluding hydrogens is 222 g/mol. The fourth-order valence-electron chi connectivity index (χ4n) is 2.61. The normalized spacial score (nSPS) is 32.7. The number of aromatic nitrogens is 1. The Hall–Kier alpha value is -1.20. The van der Waals surface area contributed by atoms with E-state index >= 15 is 0 Å². The van der Waals surface area contributed by atoms with Crippen LogP contribution >= 0.6 is 12.2 Å². The first kappa shape index (κ1) is 9.99. The molecule has 0 amide bonds. The van der Waals surface area contributed by atoms with Crippen molar-refractivity contribution in [3.05, 3.63) is 24.4 Å². The summed E-state index contributed by atoms with van der Waals surface area (Å²) in [5.74, 6) is 0.715. The van der Waals surface area contributed by atoms with Crippen molar-refractivity contribution in [2.24, 2.45) is 0 Å². The third kappa shape index (κ3) is 1.25. The quantitative estimate of drug-likeness (QED) is 0.712. The Kier molecular flexibility index (Phi) is 2.12. The molecule has 0 radical (unpaired) electrons. The first-order chi connectivity index (χ1) is 7.72. The van der Waals surface area contributed by atoms with Crippen molar-refractivity contribution in [1.29, 1.82) is 0 Å². The van der Waals surface area contributed by atoms with E-state index in [9.17, 15) is 5.11 Å². The van der Waals surface area contributed by atoms with Gasteiger partial charge >= 0.3 is 0 Å². The summed E-state index contributed by atoms with van der Waals surface area (Å²) in [5, 5.41) is 14.4. The van der Waals surface area contributed by atoms with Gasteiger partial charge in [-0.05, 0) is 43.6 Å². The summed E-state index contributed by atoms with van der Waals surface area (Å²) in [6.07, 6.45) is 4.42. The highest BCUT2D eigenvalue weighted by atomic mass is 32.1. The lowest BCUT2D eigenvalue weighted by atomic mass is 10.1. The number of nitrogens with one attached hydrogen (secondary N) is 1. The van der Waals surface area contributed by atoms with E-state index in [0.717, 1.165) is 19.3 Å². The molecule has 1 aromatic rings. The number of thiocarbonyl (C=S) groups is 1. The maximum absolute atomic E-state index is 10.7. The van der Waals surface area contributed by atoms with Crippen LogP contribution in [0.25, 0.3) is 0 Å². The molecule has 2 N–H and O–H groups in total. The summed E-state index contributed by atoms with van der Waals surface area (Å²) < 4.78 is 0. The number of anilines is 1. The molecule has 0 bridgehead atoms. The third-order valence-corrected chi connectivity index (χ3v) is 3.66. The lowest BCUT2D eigenvalue weighted by Crippen LogP contribution is -2.49. The molecule has 5 heteroatoms. The summed E-state index contributed by atoms with van der Waals surface area (Å²) in [4.78, 5) is 6.01. The average molecular weight is 235 g/mol. The van der Waals surface area contributed by atoms with E-state index in [1.165, 1.54) is 0 Å². The summed E-state index contributed by atoms with van der Waals surface area (Å²) >= 11 is 5.26. The van der Waals surface area contributed by atoms with Gasteiger partial charge in [0.1, 0.15) is 5.82 Å². The number of nitrogens with zero attached hydrogens (tertiary/aromatic N) is 2. The predicted octanol–water partition coefficient (Wildman–Crippen LogP) is 1.02. The van der Waals surface area contributed by atoms with Crippen LogP contribution in [0.5, 0.6) is 0 Å². The number of fused-ring (bicyclic) bond motifs is 1. The predicted molar refractivity (Wildman–Crippen MR) is 65.0 cm³/mol. The van der Waals surface area contributed by atoms with Gasteiger partial charge in [-0.3, -0.25) is 4.90 Å². The maximum Gasteiger partial charge on any atom is 0.177 e. The Morgan fingerprint density at radius 2 is 2.44 bits per heavy atom. The van der Waals surface area contributed by atoms with Crippen molar-refractivity contribution in [3.63, 3.8) is 0 Å². The summed E-state index contributed by atoms with van der Waals surface area (Å²) in [6.45, 7) is 0. The van der Waals surface area contributed by atoms with Crippen LogP contribution in [-0.4, -0.2) is 27.0 Å². The van der Waals surface area contributed by atoms with E-state index in [4.69, 9.17) is 12.2 Å². The van der Waals surface area contributed by atoms with Crippen molar-refractivity contribution >= 4 is 23.1 Å². The van der Waals surface area contributed by atoms with Crippen molar-refractivity contribution in [2.45, 2.75) is 31.0 Å². The van der Waals surface area contributed by atoms with Crippen LogP contribution in [0, 0.1) is 0 Å². The molecule has 1 saturated heterocycles. The van der Waals surface area contributed by atoms with Crippen molar-refractivity contribution in [3.8, 4) is 0 Å². The van der Waals surface area contributed by atoms with Gasteiger partial charge in [0.15, 0.2) is 10.8 Å². The van der Waals surface area contributed by atoms with Crippen LogP contribution in [0.4, 0.5) is 5.82 Å². The molecule has 1 aliphatic carbocycles. The molecule has 1 aromatic heterocycles. The van der Waals surface area contributed by atoms with Crippen molar-refractivity contribution in [2.75, 3.05) is 4.90 Å². The zero-order chi connectivity index (χ0) is 11.2. The number of pyridine rings is 1. The lowest BCUT2D eigenvalue weighted by Gasteiger charge is -2.31. The molecule has 4 nitrogen and oxygen atoms in total. The SMILES string of the molecule is OC12CCCC1NC(=S)N2c1ccccn1. The number of aliphatic hydroxyl groups is 1. The van der Waals surface area contributed by atoms with Gasteiger partial charge in [-0.15, -0.1) is 0 Å². The second-order valence-electron chi connectivity index (χ2n) is 4.30. The molecule has 2 atom stereocenters. The maximum atomic E-state index is 10.7. The van der Waals surface area contributed by atoms with E-state index in [2.05, 4.69) is 10.3 Å². The Balaban J connectivity index is 2.03. The second-order valence-corrected chi connectivity index (χ2v) is 4.68. The minimum atomic E-state index is -0.883. The molecule has 84 valence electrons. The monoisotopic (exact) mass is 235 g/mol. The summed E-state index contributed by atoms with van der Waals surface area (Å²) in [5.41, 5.74) is -0.883. The van der Waals surface area contributed by atoms with Gasteiger partial charge in [0, 0.05) is 6.20 Å². The molecule has 1 saturated carbocycles. The minimum absolute atomic E-state index is 0.0435. The van der Waals surface area contributed by atoms with Gasteiger partial charge in [0.2, 0.25) is 0 Å². The Morgan fingerprint density at radius 1 is 1.56 bits per heavy atom. The number of rotatable bonds is 1. The topological polar surface area (TPSA) is 48.4 Å². The van der Waals surface area contributed by atoms with Crippen LogP contribution < -0.4 is 10.2 Å². The minimum Gasteiger partial charge on any atom is -0.368 e. The van der Waals surface area contributed by atoms with Crippen molar-refractivity contribution in [1.82, 2.24) is 10.3 Å². The Morgan fingerprint density at radius 3 is 3.19 bits per heavy atom. The fourth-order valence-corrected chi connectivity index (χ4v) is 3.00. The van der Waals surface area contributed by atoms with Crippen molar-refractivity contribution < 1.29 is 5.11 Å². The zero-order valence-electron chi connectivity index (χ0n) is 8.76. The third-order valence-electron chi connectivity index (χ3n) is 3.36. The molecule has 3 rings (SSSR count). The molecule has 2 heterocycles. The highest BCUT2D eigenvalue weighted by molar-refractivity contribution is 7.80. The Bertz CT molecular complexity index is 424. The first-order valence-electron chi connectivity index (χ1n) is 5.46. The van der Waals surface area contributed by atoms with Crippen LogP contribution in [0.2, 0.25) is 0 Å². The fraction of sp³-hybridized carbons (Fsp3) is 0.455. The molecule has 2 unspecified atom stereocenters. The molecule has 0 spiro atoms. The largest absolute Gasteiger partial charge is 0.368 e. The van der Waals surface area contributed by atoms with Crippen LogP contribution in [0.1, 0.15) is 19.3 Å². The van der Waals surface area contributed by atoms with Crippen LogP contribution in [0.3, 0.4) is 0 Å². The molecule has 2 fully saturated rings. The molecule has 0 aromatic carbocycles. The molecule has 1 aliphatic heterocycles. The number of hydrogen-bond donors (Lipinski definition) is 2. The highest BCUT2D eigenvalue weighted by Crippen LogP contribution is 2.39. The van der Waals surface area contributed by atoms with E-state index in [-0.39, 0.29) is 6.04 Å². The molecule has 2 aliphatic rings. The highest BCUT2D eigenvalue weighted by Gasteiger charge is 2.53. The second kappa shape index (κ2) is 3.40. The van der Waals surface area contributed by atoms with E-state index in [1.54, 1.807) is 11.1 Å². The molecular formula is C11H13N3OS. The lowest BCUT2D eigenvalue weighted by molar-refractivity contribution is 0.0497. The van der Waals surface area contributed by atoms with Gasteiger partial charge in [-0.2, -0.15) is 0 Å². The number of hydrogen-bond acceptors (Lipinski definition) is 3. The summed E-state index contributed by atoms with van der Waals surface area (Å²) in [6, 6.07) is 5.66. The summed E-state index contributed by atoms with van der Waals surface area (Å²) in [7, 11) is 0. The average Bonchev–Trinajstić information content (AvgIpc) is 2.72. The van der Waals surface area contributed by atoms with Crippen LogP contribution in [-0.2, 0) is 0 Å². The van der Waals surface area contributed by atoms with E-state index < -0.39 is 5.72 Å². The van der Waals surface area contributed by atoms with Gasteiger partial charge in [-0.1, -0.05) is 6.07 Å². The zero-order valence-corrected chi connectivity index (χ0v) is 9.57. The van der Waals surface area contributed by atoms with E-state index in [0.29, 0.717) is 10.9 Å². The smallest absolute Gasteiger partial charge is 0.177 e. The molecule has 16 heavy (non-hydrogen) atoms. The Labute approximate surface area is 99.3 Å². The van der Waals surface area contributed by atoms with Gasteiger partial charge in [0.25, 0.3) is 0 Å². The van der Waals surface area contributed by atoms with Crippen LogP contribution in [0.15, 0.2) is 24.4 Å². The van der Waals surface area contributed by atoms with E-state index in [1.807, 2.05) is 18.2 Å². The van der Waals surface area contributed by atoms with Gasteiger partial charge in [-0.25, -0.2) is 4.98 Å².